The third-order valence-electron chi connectivity index (χ3n) is 2.91. The zero-order valence-corrected chi connectivity index (χ0v) is 13.0. The van der Waals surface area contributed by atoms with E-state index in [9.17, 15) is 8.42 Å². The Labute approximate surface area is 126 Å². The van der Waals surface area contributed by atoms with E-state index in [1.54, 1.807) is 0 Å². The van der Waals surface area contributed by atoms with E-state index in [1.807, 2.05) is 4.90 Å². The maximum Gasteiger partial charge on any atom is 0.299 e. The molecule has 2 heterocycles. The van der Waals surface area contributed by atoms with Crippen molar-refractivity contribution >= 4 is 48.8 Å². The number of rotatable bonds is 2. The summed E-state index contributed by atoms with van der Waals surface area (Å²) < 4.78 is 23.9. The van der Waals surface area contributed by atoms with Crippen LogP contribution in [-0.2, 0) is 9.24 Å². The molecule has 1 fully saturated rings. The van der Waals surface area contributed by atoms with E-state index in [4.69, 9.17) is 33.9 Å². The van der Waals surface area contributed by atoms with E-state index >= 15 is 0 Å². The molecule has 1 aliphatic heterocycles. The summed E-state index contributed by atoms with van der Waals surface area (Å²) in [6.45, 7) is 1.84. The van der Waals surface area contributed by atoms with Crippen molar-refractivity contribution in [3.05, 3.63) is 22.4 Å². The zero-order valence-electron chi connectivity index (χ0n) is 9.89. The average Bonchev–Trinajstić information content (AvgIpc) is 2.54. The molecular weight excluding hydrogens is 333 g/mol. The molecule has 0 saturated carbocycles. The lowest BCUT2D eigenvalue weighted by Crippen LogP contribution is -2.32. The van der Waals surface area contributed by atoms with Gasteiger partial charge in [-0.25, -0.2) is 0 Å². The van der Waals surface area contributed by atoms with Gasteiger partial charge in [0, 0.05) is 49.3 Å². The van der Waals surface area contributed by atoms with Crippen LogP contribution in [0, 0.1) is 0 Å². The molecule has 0 radical (unpaired) electrons. The van der Waals surface area contributed by atoms with Gasteiger partial charge < -0.3 is 4.90 Å². The van der Waals surface area contributed by atoms with Crippen molar-refractivity contribution in [3.8, 4) is 0 Å². The van der Waals surface area contributed by atoms with Gasteiger partial charge in [-0.3, -0.25) is 4.98 Å². The third kappa shape index (κ3) is 3.64. The Bertz CT molecular complexity index is 547. The van der Waals surface area contributed by atoms with Crippen LogP contribution in [0.3, 0.4) is 0 Å². The lowest BCUT2D eigenvalue weighted by atomic mass is 10.3. The first-order valence-electron chi connectivity index (χ1n) is 5.63. The number of pyridine rings is 1. The summed E-state index contributed by atoms with van der Waals surface area (Å²) in [4.78, 5) is 5.85. The number of anilines is 1. The molecule has 1 aromatic heterocycles. The van der Waals surface area contributed by atoms with Crippen LogP contribution >= 0.6 is 33.9 Å². The summed E-state index contributed by atoms with van der Waals surface area (Å²) in [5.74, 6) is 0. The molecule has 0 amide bonds. The Morgan fingerprint density at radius 1 is 1.05 bits per heavy atom. The van der Waals surface area contributed by atoms with Crippen LogP contribution in [0.25, 0.3) is 0 Å². The standard InChI is InChI=1S/C10H12Cl3N3O2S/c11-8-6-14-7-9(12)10(8)15-2-1-3-16(5-4-15)19(13,17)18/h6-7H,1-5H2. The molecule has 0 spiro atoms. The van der Waals surface area contributed by atoms with Gasteiger partial charge in [0.15, 0.2) is 0 Å². The number of nitrogens with zero attached hydrogens (tertiary/aromatic N) is 3. The number of hydrogen-bond donors (Lipinski definition) is 0. The Morgan fingerprint density at radius 2 is 1.68 bits per heavy atom. The predicted octanol–water partition coefficient (Wildman–Crippen LogP) is 2.38. The van der Waals surface area contributed by atoms with E-state index in [0.29, 0.717) is 48.3 Å². The maximum absolute atomic E-state index is 11.3. The van der Waals surface area contributed by atoms with Crippen molar-refractivity contribution in [1.82, 2.24) is 9.29 Å². The minimum Gasteiger partial charge on any atom is -0.368 e. The smallest absolute Gasteiger partial charge is 0.299 e. The molecular formula is C10H12Cl3N3O2S. The zero-order chi connectivity index (χ0) is 14.0. The second-order valence-corrected chi connectivity index (χ2v) is 7.46. The first-order valence-corrected chi connectivity index (χ1v) is 8.65. The normalized spacial score (nSPS) is 18.4. The van der Waals surface area contributed by atoms with E-state index < -0.39 is 9.24 Å². The van der Waals surface area contributed by atoms with Gasteiger partial charge >= 0.3 is 0 Å². The van der Waals surface area contributed by atoms with E-state index in [2.05, 4.69) is 4.98 Å². The molecule has 1 saturated heterocycles. The Balaban J connectivity index is 2.20. The van der Waals surface area contributed by atoms with Crippen LogP contribution in [0.2, 0.25) is 10.0 Å². The van der Waals surface area contributed by atoms with Crippen molar-refractivity contribution in [2.24, 2.45) is 0 Å². The Kier molecular flexibility index (Phi) is 4.79. The first kappa shape index (κ1) is 15.1. The highest BCUT2D eigenvalue weighted by Crippen LogP contribution is 2.33. The molecule has 9 heteroatoms. The molecule has 0 aromatic carbocycles. The number of hydrogen-bond acceptors (Lipinski definition) is 4. The monoisotopic (exact) mass is 343 g/mol. The average molecular weight is 345 g/mol. The molecule has 19 heavy (non-hydrogen) atoms. The van der Waals surface area contributed by atoms with Gasteiger partial charge in [-0.05, 0) is 6.42 Å². The minimum atomic E-state index is -3.67. The summed E-state index contributed by atoms with van der Waals surface area (Å²) in [7, 11) is 1.68. The van der Waals surface area contributed by atoms with Gasteiger partial charge in [0.2, 0.25) is 0 Å². The molecule has 0 unspecified atom stereocenters. The first-order chi connectivity index (χ1) is 8.89. The molecule has 5 nitrogen and oxygen atoms in total. The van der Waals surface area contributed by atoms with E-state index in [0.717, 1.165) is 0 Å². The molecule has 0 N–H and O–H groups in total. The summed E-state index contributed by atoms with van der Waals surface area (Å²) in [6.07, 6.45) is 3.69. The van der Waals surface area contributed by atoms with Gasteiger partial charge in [0.05, 0.1) is 15.7 Å². The van der Waals surface area contributed by atoms with Gasteiger partial charge in [-0.15, -0.1) is 0 Å². The second kappa shape index (κ2) is 6.01. The van der Waals surface area contributed by atoms with Gasteiger partial charge in [0.1, 0.15) is 0 Å². The lowest BCUT2D eigenvalue weighted by Gasteiger charge is -2.24. The number of aromatic nitrogens is 1. The molecule has 0 aliphatic carbocycles. The fourth-order valence-electron chi connectivity index (χ4n) is 2.04. The van der Waals surface area contributed by atoms with Gasteiger partial charge in [-0.2, -0.15) is 12.7 Å². The highest BCUT2D eigenvalue weighted by molar-refractivity contribution is 8.11. The van der Waals surface area contributed by atoms with Crippen molar-refractivity contribution < 1.29 is 8.42 Å². The quantitative estimate of drug-likeness (QED) is 0.773. The minimum absolute atomic E-state index is 0.306. The van der Waals surface area contributed by atoms with Crippen LogP contribution in [-0.4, -0.2) is 43.9 Å². The van der Waals surface area contributed by atoms with Gasteiger partial charge in [-0.1, -0.05) is 23.2 Å². The van der Waals surface area contributed by atoms with Crippen molar-refractivity contribution in [2.75, 3.05) is 31.1 Å². The number of halogens is 3. The lowest BCUT2D eigenvalue weighted by molar-refractivity contribution is 0.445. The summed E-state index contributed by atoms with van der Waals surface area (Å²) in [5.41, 5.74) is 0.687. The summed E-state index contributed by atoms with van der Waals surface area (Å²) >= 11 is 12.2. The van der Waals surface area contributed by atoms with Crippen molar-refractivity contribution in [2.45, 2.75) is 6.42 Å². The molecule has 2 rings (SSSR count). The molecule has 106 valence electrons. The summed E-state index contributed by atoms with van der Waals surface area (Å²) in [6, 6.07) is 0. The van der Waals surface area contributed by atoms with Crippen LogP contribution in [0.15, 0.2) is 12.4 Å². The molecule has 1 aromatic rings. The van der Waals surface area contributed by atoms with Crippen LogP contribution < -0.4 is 4.90 Å². The third-order valence-corrected chi connectivity index (χ3v) is 5.03. The van der Waals surface area contributed by atoms with E-state index in [1.165, 1.54) is 16.7 Å². The van der Waals surface area contributed by atoms with Crippen LogP contribution in [0.5, 0.6) is 0 Å². The van der Waals surface area contributed by atoms with E-state index in [-0.39, 0.29) is 0 Å². The molecule has 0 bridgehead atoms. The van der Waals surface area contributed by atoms with Crippen LogP contribution in [0.1, 0.15) is 6.42 Å². The topological polar surface area (TPSA) is 53.5 Å². The van der Waals surface area contributed by atoms with Crippen LogP contribution in [0.4, 0.5) is 5.69 Å². The summed E-state index contributed by atoms with van der Waals surface area (Å²) in [5, 5.41) is 0.907. The predicted molar refractivity (Wildman–Crippen MR) is 77.4 cm³/mol. The maximum atomic E-state index is 11.3. The van der Waals surface area contributed by atoms with Crippen molar-refractivity contribution in [3.63, 3.8) is 0 Å². The molecule has 1 aliphatic rings. The largest absolute Gasteiger partial charge is 0.368 e. The van der Waals surface area contributed by atoms with Crippen molar-refractivity contribution in [1.29, 1.82) is 0 Å². The Hall–Kier alpha value is -0.270. The SMILES string of the molecule is O=S(=O)(Cl)N1CCCN(c2c(Cl)cncc2Cl)CC1. The molecule has 0 atom stereocenters. The van der Waals surface area contributed by atoms with Gasteiger partial charge in [0.25, 0.3) is 9.24 Å². The second-order valence-electron chi connectivity index (χ2n) is 4.13. The fourth-order valence-corrected chi connectivity index (χ4v) is 3.71. The highest BCUT2D eigenvalue weighted by Gasteiger charge is 2.24. The fraction of sp³-hybridized carbons (Fsp3) is 0.500. The Morgan fingerprint density at radius 3 is 2.26 bits per heavy atom. The highest BCUT2D eigenvalue weighted by atomic mass is 35.7.